The van der Waals surface area contributed by atoms with Gasteiger partial charge in [-0.2, -0.15) is 0 Å². The molecular formula is C18H14Cl2N2O4S. The highest BCUT2D eigenvalue weighted by molar-refractivity contribution is 7.20. The number of aromatic nitrogens is 2. The Hall–Kier alpha value is -2.22. The third-order valence-corrected chi connectivity index (χ3v) is 5.85. The molecule has 9 heteroatoms. The van der Waals surface area contributed by atoms with Gasteiger partial charge in [-0.15, -0.1) is 11.3 Å². The first kappa shape index (κ1) is 19.5. The second kappa shape index (κ2) is 7.80. The first-order chi connectivity index (χ1) is 12.8. The summed E-state index contributed by atoms with van der Waals surface area (Å²) in [5.41, 5.74) is 0.450. The van der Waals surface area contributed by atoms with E-state index in [9.17, 15) is 14.4 Å². The minimum Gasteiger partial charge on any atom is -0.462 e. The van der Waals surface area contributed by atoms with Crippen LogP contribution in [0.15, 0.2) is 29.3 Å². The lowest BCUT2D eigenvalue weighted by atomic mass is 10.1. The van der Waals surface area contributed by atoms with Crippen molar-refractivity contribution < 1.29 is 14.3 Å². The first-order valence-electron chi connectivity index (χ1n) is 7.97. The number of nitrogens with zero attached hydrogens (tertiary/aromatic N) is 2. The Labute approximate surface area is 168 Å². The number of halogens is 2. The largest absolute Gasteiger partial charge is 0.462 e. The summed E-state index contributed by atoms with van der Waals surface area (Å²) < 4.78 is 6.22. The molecule has 0 amide bonds. The molecule has 3 rings (SSSR count). The van der Waals surface area contributed by atoms with Crippen molar-refractivity contribution in [2.75, 3.05) is 6.61 Å². The molecule has 0 saturated carbocycles. The molecule has 0 fully saturated rings. The van der Waals surface area contributed by atoms with Crippen LogP contribution in [0.3, 0.4) is 0 Å². The zero-order chi connectivity index (χ0) is 19.7. The van der Waals surface area contributed by atoms with Crippen LogP contribution in [-0.2, 0) is 11.3 Å². The van der Waals surface area contributed by atoms with Crippen molar-refractivity contribution >= 4 is 56.5 Å². The van der Waals surface area contributed by atoms with Gasteiger partial charge in [0.15, 0.2) is 5.78 Å². The Morgan fingerprint density at radius 2 is 2.00 bits per heavy atom. The van der Waals surface area contributed by atoms with E-state index in [1.165, 1.54) is 23.0 Å². The number of carbonyl (C=O) groups is 2. The van der Waals surface area contributed by atoms with Crippen LogP contribution >= 0.6 is 34.5 Å². The summed E-state index contributed by atoms with van der Waals surface area (Å²) in [7, 11) is 0. The molecule has 0 aliphatic rings. The van der Waals surface area contributed by atoms with E-state index >= 15 is 0 Å². The highest BCUT2D eigenvalue weighted by Crippen LogP contribution is 2.27. The standard InChI is InChI=1S/C18H14Cl2N2O4S/c1-3-26-18(25)15-9(2)14-16(27-15)21-8-22(17(14)24)7-13(23)10-4-5-11(19)12(20)6-10/h4-6,8H,3,7H2,1-2H3. The lowest BCUT2D eigenvalue weighted by Crippen LogP contribution is -2.24. The van der Waals surface area contributed by atoms with Crippen molar-refractivity contribution in [1.82, 2.24) is 9.55 Å². The van der Waals surface area contributed by atoms with Gasteiger partial charge in [0.1, 0.15) is 9.71 Å². The predicted octanol–water partition coefficient (Wildman–Crippen LogP) is 4.13. The maximum Gasteiger partial charge on any atom is 0.348 e. The van der Waals surface area contributed by atoms with Crippen molar-refractivity contribution in [3.8, 4) is 0 Å². The highest BCUT2D eigenvalue weighted by Gasteiger charge is 2.21. The molecule has 0 aliphatic heterocycles. The lowest BCUT2D eigenvalue weighted by molar-refractivity contribution is 0.0531. The van der Waals surface area contributed by atoms with Gasteiger partial charge in [0.05, 0.1) is 34.9 Å². The molecule has 0 aliphatic carbocycles. The highest BCUT2D eigenvalue weighted by atomic mass is 35.5. The summed E-state index contributed by atoms with van der Waals surface area (Å²) >= 11 is 12.9. The quantitative estimate of drug-likeness (QED) is 0.454. The zero-order valence-corrected chi connectivity index (χ0v) is 16.7. The number of ether oxygens (including phenoxy) is 1. The summed E-state index contributed by atoms with van der Waals surface area (Å²) in [6.07, 6.45) is 1.30. The molecule has 0 radical (unpaired) electrons. The summed E-state index contributed by atoms with van der Waals surface area (Å²) in [5, 5.41) is 0.914. The van der Waals surface area contributed by atoms with Crippen LogP contribution in [0.2, 0.25) is 10.0 Å². The molecule has 27 heavy (non-hydrogen) atoms. The number of benzene rings is 1. The first-order valence-corrected chi connectivity index (χ1v) is 9.54. The maximum atomic E-state index is 12.8. The summed E-state index contributed by atoms with van der Waals surface area (Å²) in [5.74, 6) is -0.800. The van der Waals surface area contributed by atoms with E-state index in [1.54, 1.807) is 19.9 Å². The third kappa shape index (κ3) is 3.76. The van der Waals surface area contributed by atoms with Crippen LogP contribution in [-0.4, -0.2) is 27.9 Å². The number of ketones is 1. The number of hydrogen-bond acceptors (Lipinski definition) is 6. The van der Waals surface area contributed by atoms with E-state index in [0.29, 0.717) is 31.2 Å². The van der Waals surface area contributed by atoms with E-state index in [0.717, 1.165) is 11.3 Å². The van der Waals surface area contributed by atoms with Gasteiger partial charge < -0.3 is 4.74 Å². The average molecular weight is 425 g/mol. The maximum absolute atomic E-state index is 12.8. The Morgan fingerprint density at radius 1 is 1.26 bits per heavy atom. The number of Topliss-reactive ketones (excluding diaryl/α,β-unsaturated/α-hetero) is 1. The van der Waals surface area contributed by atoms with Crippen molar-refractivity contribution in [3.05, 3.63) is 60.9 Å². The van der Waals surface area contributed by atoms with Crippen LogP contribution in [0.1, 0.15) is 32.5 Å². The second-order valence-corrected chi connectivity index (χ2v) is 7.50. The van der Waals surface area contributed by atoms with E-state index in [-0.39, 0.29) is 24.0 Å². The minimum atomic E-state index is -0.490. The van der Waals surface area contributed by atoms with Gasteiger partial charge in [0.2, 0.25) is 0 Å². The van der Waals surface area contributed by atoms with Crippen LogP contribution in [0.25, 0.3) is 10.2 Å². The third-order valence-electron chi connectivity index (χ3n) is 3.93. The van der Waals surface area contributed by atoms with E-state index in [1.807, 2.05) is 0 Å². The predicted molar refractivity (Wildman–Crippen MR) is 105 cm³/mol. The van der Waals surface area contributed by atoms with Crippen molar-refractivity contribution in [2.24, 2.45) is 0 Å². The van der Waals surface area contributed by atoms with Crippen LogP contribution < -0.4 is 5.56 Å². The fraction of sp³-hybridized carbons (Fsp3) is 0.222. The fourth-order valence-electron chi connectivity index (χ4n) is 2.58. The second-order valence-electron chi connectivity index (χ2n) is 5.69. The van der Waals surface area contributed by atoms with Crippen molar-refractivity contribution in [1.29, 1.82) is 0 Å². The number of hydrogen-bond donors (Lipinski definition) is 0. The number of rotatable bonds is 5. The molecule has 1 aromatic carbocycles. The van der Waals surface area contributed by atoms with Gasteiger partial charge in [0.25, 0.3) is 5.56 Å². The number of fused-ring (bicyclic) bond motifs is 1. The molecule has 0 saturated heterocycles. The molecule has 2 aromatic heterocycles. The SMILES string of the molecule is CCOC(=O)c1sc2ncn(CC(=O)c3ccc(Cl)c(Cl)c3)c(=O)c2c1C. The summed E-state index contributed by atoms with van der Waals surface area (Å²) in [6.45, 7) is 3.41. The molecule has 0 bridgehead atoms. The summed E-state index contributed by atoms with van der Waals surface area (Å²) in [6, 6.07) is 4.52. The number of carbonyl (C=O) groups excluding carboxylic acids is 2. The molecular weight excluding hydrogens is 411 g/mol. The molecule has 0 atom stereocenters. The van der Waals surface area contributed by atoms with Crippen molar-refractivity contribution in [3.63, 3.8) is 0 Å². The lowest BCUT2D eigenvalue weighted by Gasteiger charge is -2.06. The Morgan fingerprint density at radius 3 is 2.67 bits per heavy atom. The smallest absolute Gasteiger partial charge is 0.348 e. The van der Waals surface area contributed by atoms with E-state index in [2.05, 4.69) is 4.98 Å². The molecule has 0 spiro atoms. The van der Waals surface area contributed by atoms with E-state index in [4.69, 9.17) is 27.9 Å². The Balaban J connectivity index is 1.98. The van der Waals surface area contributed by atoms with Gasteiger partial charge in [-0.1, -0.05) is 23.2 Å². The average Bonchev–Trinajstić information content (AvgIpc) is 2.97. The van der Waals surface area contributed by atoms with Gasteiger partial charge in [-0.3, -0.25) is 14.2 Å². The van der Waals surface area contributed by atoms with Crippen LogP contribution in [0, 0.1) is 6.92 Å². The summed E-state index contributed by atoms with van der Waals surface area (Å²) in [4.78, 5) is 42.3. The topological polar surface area (TPSA) is 78.3 Å². The number of thiophene rings is 1. The monoisotopic (exact) mass is 424 g/mol. The van der Waals surface area contributed by atoms with Gasteiger partial charge in [0, 0.05) is 5.56 Å². The molecule has 0 N–H and O–H groups in total. The van der Waals surface area contributed by atoms with Gasteiger partial charge >= 0.3 is 5.97 Å². The Bertz CT molecular complexity index is 1120. The zero-order valence-electron chi connectivity index (χ0n) is 14.4. The molecule has 0 unspecified atom stereocenters. The minimum absolute atomic E-state index is 0.205. The number of esters is 1. The van der Waals surface area contributed by atoms with Crippen molar-refractivity contribution in [2.45, 2.75) is 20.4 Å². The van der Waals surface area contributed by atoms with E-state index < -0.39 is 11.5 Å². The normalized spacial score (nSPS) is 11.0. The van der Waals surface area contributed by atoms with Gasteiger partial charge in [-0.25, -0.2) is 9.78 Å². The fourth-order valence-corrected chi connectivity index (χ4v) is 3.91. The molecule has 3 aromatic rings. The number of aryl methyl sites for hydroxylation is 1. The van der Waals surface area contributed by atoms with Gasteiger partial charge in [-0.05, 0) is 37.6 Å². The van der Waals surface area contributed by atoms with Crippen LogP contribution in [0.4, 0.5) is 0 Å². The van der Waals surface area contributed by atoms with Crippen LogP contribution in [0.5, 0.6) is 0 Å². The Kier molecular flexibility index (Phi) is 5.64. The molecule has 2 heterocycles. The molecule has 140 valence electrons. The molecule has 6 nitrogen and oxygen atoms in total.